The molecular weight excluding hydrogens is 220 g/mol. The molecule has 0 heterocycles. The van der Waals surface area contributed by atoms with Gasteiger partial charge in [-0.15, -0.1) is 0 Å². The third kappa shape index (κ3) is 2.04. The Balaban J connectivity index is 2.50. The highest BCUT2D eigenvalue weighted by Crippen LogP contribution is 2.34. The molecule has 0 aromatic heterocycles. The van der Waals surface area contributed by atoms with Gasteiger partial charge in [0.1, 0.15) is 8.07 Å². The summed E-state index contributed by atoms with van der Waals surface area (Å²) < 4.78 is 0. The van der Waals surface area contributed by atoms with Gasteiger partial charge in [-0.1, -0.05) is 84.9 Å². The first-order valence-corrected chi connectivity index (χ1v) is 9.25. The van der Waals surface area contributed by atoms with Gasteiger partial charge < -0.3 is 0 Å². The van der Waals surface area contributed by atoms with E-state index in [1.54, 1.807) is 10.4 Å². The molecule has 1 aromatic carbocycles. The first-order valence-electron chi connectivity index (χ1n) is 6.54. The Morgan fingerprint density at radius 2 is 1.82 bits per heavy atom. The van der Waals surface area contributed by atoms with Crippen LogP contribution < -0.4 is 5.19 Å². The van der Waals surface area contributed by atoms with Crippen molar-refractivity contribution >= 4 is 13.3 Å². The summed E-state index contributed by atoms with van der Waals surface area (Å²) in [5, 5.41) is 3.30. The largest absolute Gasteiger partial charge is 0.111 e. The second-order valence-corrected chi connectivity index (χ2v) is 9.78. The lowest BCUT2D eigenvalue weighted by atomic mass is 10.2. The number of rotatable bonds is 3. The van der Waals surface area contributed by atoms with Crippen molar-refractivity contribution < 1.29 is 0 Å². The number of hydrogen-bond donors (Lipinski definition) is 0. The van der Waals surface area contributed by atoms with Crippen molar-refractivity contribution in [3.8, 4) is 0 Å². The van der Waals surface area contributed by atoms with Gasteiger partial charge in [0, 0.05) is 0 Å². The lowest BCUT2D eigenvalue weighted by molar-refractivity contribution is 0.917. The molecule has 0 nitrogen and oxygen atoms in total. The summed E-state index contributed by atoms with van der Waals surface area (Å²) >= 11 is 0. The van der Waals surface area contributed by atoms with Gasteiger partial charge in [-0.2, -0.15) is 0 Å². The minimum absolute atomic E-state index is 0.631. The fourth-order valence-electron chi connectivity index (χ4n) is 3.13. The molecule has 1 aliphatic rings. The molecule has 0 spiro atoms. The predicted octanol–water partition coefficient (Wildman–Crippen LogP) is 4.05. The molecule has 0 amide bonds. The van der Waals surface area contributed by atoms with Gasteiger partial charge >= 0.3 is 0 Å². The fraction of sp³-hybridized carbons (Fsp3) is 0.375. The summed E-state index contributed by atoms with van der Waals surface area (Å²) in [6, 6.07) is 12.4. The monoisotopic (exact) mass is 242 g/mol. The lowest BCUT2D eigenvalue weighted by Crippen LogP contribution is -2.47. The average molecular weight is 242 g/mol. The van der Waals surface area contributed by atoms with Gasteiger partial charge in [0.25, 0.3) is 0 Å². The first-order chi connectivity index (χ1) is 8.09. The Bertz CT molecular complexity index is 456. The zero-order chi connectivity index (χ0) is 12.5. The molecule has 2 atom stereocenters. The standard InChI is InChI=1S/C16H22Si/c1-5-17(4,15-9-7-6-8-10-15)16-13(2)11-12-14(16)3/h6-13H,5H2,1-4H3. The van der Waals surface area contributed by atoms with Crippen LogP contribution in [0.15, 0.2) is 53.3 Å². The molecule has 2 unspecified atom stereocenters. The predicted molar refractivity (Wildman–Crippen MR) is 79.2 cm³/mol. The molecule has 1 heteroatoms. The van der Waals surface area contributed by atoms with E-state index in [-0.39, 0.29) is 0 Å². The van der Waals surface area contributed by atoms with Gasteiger partial charge in [-0.25, -0.2) is 0 Å². The van der Waals surface area contributed by atoms with Crippen LogP contribution in [0.25, 0.3) is 0 Å². The van der Waals surface area contributed by atoms with Crippen LogP contribution in [-0.2, 0) is 0 Å². The summed E-state index contributed by atoms with van der Waals surface area (Å²) in [5.41, 5.74) is 1.51. The third-order valence-corrected chi connectivity index (χ3v) is 9.29. The van der Waals surface area contributed by atoms with Crippen molar-refractivity contribution in [1.29, 1.82) is 0 Å². The van der Waals surface area contributed by atoms with E-state index in [4.69, 9.17) is 0 Å². The molecule has 0 bridgehead atoms. The van der Waals surface area contributed by atoms with E-state index >= 15 is 0 Å². The number of benzene rings is 1. The van der Waals surface area contributed by atoms with Crippen LogP contribution in [0.2, 0.25) is 12.6 Å². The minimum Gasteiger partial charge on any atom is -0.0777 e. The van der Waals surface area contributed by atoms with Crippen molar-refractivity contribution in [3.63, 3.8) is 0 Å². The van der Waals surface area contributed by atoms with Crippen molar-refractivity contribution in [2.75, 3.05) is 0 Å². The summed E-state index contributed by atoms with van der Waals surface area (Å²) in [6.07, 6.45) is 4.67. The molecule has 2 rings (SSSR count). The zero-order valence-corrected chi connectivity index (χ0v) is 12.3. The summed E-state index contributed by atoms with van der Waals surface area (Å²) in [7, 11) is -1.48. The summed E-state index contributed by atoms with van der Waals surface area (Å²) in [5.74, 6) is 0.631. The third-order valence-electron chi connectivity index (χ3n) is 4.23. The van der Waals surface area contributed by atoms with Crippen molar-refractivity contribution in [1.82, 2.24) is 0 Å². The lowest BCUT2D eigenvalue weighted by Gasteiger charge is -2.32. The van der Waals surface area contributed by atoms with Crippen molar-refractivity contribution in [2.24, 2.45) is 5.92 Å². The maximum atomic E-state index is 2.52. The Labute approximate surface area is 106 Å². The van der Waals surface area contributed by atoms with Crippen molar-refractivity contribution in [3.05, 3.63) is 53.3 Å². The fourth-order valence-corrected chi connectivity index (χ4v) is 7.21. The Morgan fingerprint density at radius 3 is 2.29 bits per heavy atom. The maximum absolute atomic E-state index is 2.52. The van der Waals surface area contributed by atoms with Crippen LogP contribution in [-0.4, -0.2) is 8.07 Å². The van der Waals surface area contributed by atoms with Gasteiger partial charge in [-0.05, 0) is 12.8 Å². The number of hydrogen-bond acceptors (Lipinski definition) is 0. The van der Waals surface area contributed by atoms with E-state index in [1.807, 2.05) is 0 Å². The van der Waals surface area contributed by atoms with Gasteiger partial charge in [-0.3, -0.25) is 0 Å². The molecule has 17 heavy (non-hydrogen) atoms. The minimum atomic E-state index is -1.48. The van der Waals surface area contributed by atoms with Gasteiger partial charge in [0.05, 0.1) is 0 Å². The summed E-state index contributed by atoms with van der Waals surface area (Å²) in [6.45, 7) is 9.49. The zero-order valence-electron chi connectivity index (χ0n) is 11.3. The van der Waals surface area contributed by atoms with Gasteiger partial charge in [0.15, 0.2) is 0 Å². The Hall–Kier alpha value is -1.08. The molecule has 0 radical (unpaired) electrons. The molecule has 0 fully saturated rings. The van der Waals surface area contributed by atoms with Crippen LogP contribution in [0.4, 0.5) is 0 Å². The van der Waals surface area contributed by atoms with E-state index in [0.29, 0.717) is 5.92 Å². The average Bonchev–Trinajstić information content (AvgIpc) is 2.70. The Kier molecular flexibility index (Phi) is 3.39. The smallest absolute Gasteiger partial charge is 0.0777 e. The van der Waals surface area contributed by atoms with E-state index in [9.17, 15) is 0 Å². The van der Waals surface area contributed by atoms with Gasteiger partial charge in [0.2, 0.25) is 0 Å². The quantitative estimate of drug-likeness (QED) is 0.701. The van der Waals surface area contributed by atoms with Crippen LogP contribution in [0.1, 0.15) is 20.8 Å². The van der Waals surface area contributed by atoms with Crippen LogP contribution in [0.5, 0.6) is 0 Å². The van der Waals surface area contributed by atoms with Crippen LogP contribution in [0.3, 0.4) is 0 Å². The molecule has 1 aliphatic carbocycles. The van der Waals surface area contributed by atoms with Crippen LogP contribution in [0, 0.1) is 5.92 Å². The Morgan fingerprint density at radius 1 is 1.18 bits per heavy atom. The highest BCUT2D eigenvalue weighted by atomic mass is 28.3. The molecular formula is C16H22Si. The van der Waals surface area contributed by atoms with E-state index in [0.717, 1.165) is 0 Å². The molecule has 0 N–H and O–H groups in total. The molecule has 1 aromatic rings. The second kappa shape index (κ2) is 4.65. The van der Waals surface area contributed by atoms with E-state index in [1.165, 1.54) is 11.6 Å². The van der Waals surface area contributed by atoms with E-state index in [2.05, 4.69) is 69.8 Å². The van der Waals surface area contributed by atoms with Crippen LogP contribution >= 0.6 is 0 Å². The second-order valence-electron chi connectivity index (χ2n) is 5.30. The molecule has 0 saturated carbocycles. The summed E-state index contributed by atoms with van der Waals surface area (Å²) in [4.78, 5) is 0. The topological polar surface area (TPSA) is 0 Å². The normalized spacial score (nSPS) is 22.9. The highest BCUT2D eigenvalue weighted by Gasteiger charge is 2.36. The van der Waals surface area contributed by atoms with Crippen molar-refractivity contribution in [2.45, 2.75) is 33.4 Å². The first kappa shape index (κ1) is 12.4. The molecule has 0 saturated heterocycles. The maximum Gasteiger partial charge on any atom is 0.111 e. The molecule has 0 aliphatic heterocycles. The molecule has 90 valence electrons. The SMILES string of the molecule is CC[Si](C)(C1=C(C)C=CC1C)c1ccccc1. The van der Waals surface area contributed by atoms with E-state index < -0.39 is 8.07 Å². The number of allylic oxidation sites excluding steroid dienone is 4. The highest BCUT2D eigenvalue weighted by molar-refractivity contribution is 6.96.